The highest BCUT2D eigenvalue weighted by Gasteiger charge is 2.13. The van der Waals surface area contributed by atoms with E-state index in [1.54, 1.807) is 17.7 Å². The highest BCUT2D eigenvalue weighted by Crippen LogP contribution is 2.23. The van der Waals surface area contributed by atoms with Crippen LogP contribution < -0.4 is 9.54 Å². The van der Waals surface area contributed by atoms with Crippen molar-refractivity contribution in [3.05, 3.63) is 62.4 Å². The molecule has 2 aromatic carbocycles. The molecule has 0 fully saturated rings. The van der Waals surface area contributed by atoms with Gasteiger partial charge in [0.05, 0.1) is 35.2 Å². The summed E-state index contributed by atoms with van der Waals surface area (Å²) in [6, 6.07) is 10.0. The molecule has 0 atom stereocenters. The Balaban J connectivity index is 1.99. The lowest BCUT2D eigenvalue weighted by Gasteiger charge is -2.06. The highest BCUT2D eigenvalue weighted by atomic mass is 32.1. The molecule has 0 saturated carbocycles. The van der Waals surface area contributed by atoms with Crippen LogP contribution in [0, 0.1) is 29.4 Å². The van der Waals surface area contributed by atoms with E-state index < -0.39 is 4.92 Å². The average molecular weight is 395 g/mol. The predicted molar refractivity (Wildman–Crippen MR) is 107 cm³/mol. The molecule has 0 aliphatic carbocycles. The summed E-state index contributed by atoms with van der Waals surface area (Å²) in [7, 11) is 1.60. The lowest BCUT2D eigenvalue weighted by molar-refractivity contribution is -0.384. The second kappa shape index (κ2) is 8.06. The summed E-state index contributed by atoms with van der Waals surface area (Å²) in [6.07, 6.45) is 5.57. The molecule has 142 valence electrons. The first-order valence-electron chi connectivity index (χ1n) is 8.35. The van der Waals surface area contributed by atoms with Crippen molar-refractivity contribution in [2.24, 2.45) is 4.99 Å². The smallest absolute Gasteiger partial charge is 0.271 e. The van der Waals surface area contributed by atoms with E-state index in [9.17, 15) is 14.9 Å². The maximum atomic E-state index is 12.5. The van der Waals surface area contributed by atoms with Gasteiger partial charge >= 0.3 is 0 Å². The molecule has 1 aromatic heterocycles. The number of nitro groups is 1. The maximum absolute atomic E-state index is 12.5. The average Bonchev–Trinajstić information content (AvgIpc) is 2.98. The number of rotatable bonds is 5. The van der Waals surface area contributed by atoms with Gasteiger partial charge in [-0.2, -0.15) is 4.99 Å². The summed E-state index contributed by atoms with van der Waals surface area (Å²) in [4.78, 5) is 27.7. The van der Waals surface area contributed by atoms with Crippen LogP contribution in [0.5, 0.6) is 5.75 Å². The van der Waals surface area contributed by atoms with E-state index >= 15 is 0 Å². The number of carbonyl (C=O) groups is 1. The molecule has 0 N–H and O–H groups in total. The number of hydrogen-bond donors (Lipinski definition) is 0. The summed E-state index contributed by atoms with van der Waals surface area (Å²) in [5.41, 5.74) is 2.31. The number of non-ortho nitro benzene ring substituents is 1. The van der Waals surface area contributed by atoms with Crippen molar-refractivity contribution in [2.75, 3.05) is 7.11 Å². The van der Waals surface area contributed by atoms with Gasteiger partial charge in [-0.05, 0) is 30.2 Å². The Morgan fingerprint density at radius 1 is 1.36 bits per heavy atom. The zero-order valence-electron chi connectivity index (χ0n) is 15.3. The second-order valence-electron chi connectivity index (χ2n) is 6.07. The van der Waals surface area contributed by atoms with Crippen molar-refractivity contribution in [1.82, 2.24) is 4.57 Å². The molecule has 0 unspecified atom stereocenters. The minimum Gasteiger partial charge on any atom is -0.496 e. The fraction of sp³-hybridized carbons (Fsp3) is 0.200. The number of benzene rings is 2. The van der Waals surface area contributed by atoms with E-state index in [-0.39, 0.29) is 24.6 Å². The van der Waals surface area contributed by atoms with Gasteiger partial charge in [-0.1, -0.05) is 29.4 Å². The fourth-order valence-electron chi connectivity index (χ4n) is 2.87. The van der Waals surface area contributed by atoms with Gasteiger partial charge in [0.2, 0.25) is 0 Å². The number of amides is 1. The molecule has 3 rings (SSSR count). The standard InChI is InChI=1S/C20H17N3O4S/c1-4-9-22-16-12-15(23(25)26)6-8-18(16)28-20(22)21-19(24)11-14-5-7-17(27-3)13(2)10-14/h1,5-8,10,12H,9,11H2,2-3H3. The number of ether oxygens (including phenoxy) is 1. The maximum Gasteiger partial charge on any atom is 0.271 e. The van der Waals surface area contributed by atoms with Crippen molar-refractivity contribution < 1.29 is 14.5 Å². The van der Waals surface area contributed by atoms with E-state index in [1.807, 2.05) is 25.1 Å². The van der Waals surface area contributed by atoms with Crippen LogP contribution in [-0.4, -0.2) is 22.5 Å². The zero-order chi connectivity index (χ0) is 20.3. The van der Waals surface area contributed by atoms with Crippen molar-refractivity contribution in [3.8, 4) is 18.1 Å². The van der Waals surface area contributed by atoms with E-state index in [0.717, 1.165) is 21.6 Å². The number of nitrogens with zero attached hydrogens (tertiary/aromatic N) is 3. The summed E-state index contributed by atoms with van der Waals surface area (Å²) in [5.74, 6) is 2.94. The summed E-state index contributed by atoms with van der Waals surface area (Å²) in [6.45, 7) is 2.07. The van der Waals surface area contributed by atoms with Crippen LogP contribution in [0.15, 0.2) is 41.4 Å². The van der Waals surface area contributed by atoms with Crippen molar-refractivity contribution in [1.29, 1.82) is 0 Å². The number of aryl methyl sites for hydroxylation is 1. The Morgan fingerprint density at radius 2 is 2.14 bits per heavy atom. The van der Waals surface area contributed by atoms with Crippen molar-refractivity contribution >= 4 is 33.1 Å². The molecule has 7 nitrogen and oxygen atoms in total. The number of terminal acetylenes is 1. The van der Waals surface area contributed by atoms with Gasteiger partial charge in [-0.15, -0.1) is 6.42 Å². The molecule has 0 aliphatic rings. The lowest BCUT2D eigenvalue weighted by Crippen LogP contribution is -2.17. The summed E-state index contributed by atoms with van der Waals surface area (Å²) in [5, 5.41) is 11.0. The first-order valence-corrected chi connectivity index (χ1v) is 9.17. The number of carbonyl (C=O) groups excluding carboxylic acids is 1. The fourth-order valence-corrected chi connectivity index (χ4v) is 3.90. The van der Waals surface area contributed by atoms with Crippen LogP contribution >= 0.6 is 11.3 Å². The van der Waals surface area contributed by atoms with Gasteiger partial charge in [0, 0.05) is 12.1 Å². The Labute approximate surface area is 165 Å². The highest BCUT2D eigenvalue weighted by molar-refractivity contribution is 7.16. The van der Waals surface area contributed by atoms with Crippen molar-refractivity contribution in [3.63, 3.8) is 0 Å². The van der Waals surface area contributed by atoms with Gasteiger partial charge in [-0.25, -0.2) is 0 Å². The van der Waals surface area contributed by atoms with Crippen molar-refractivity contribution in [2.45, 2.75) is 19.9 Å². The lowest BCUT2D eigenvalue weighted by atomic mass is 10.1. The van der Waals surface area contributed by atoms with Crippen LogP contribution in [-0.2, 0) is 17.8 Å². The Morgan fingerprint density at radius 3 is 2.79 bits per heavy atom. The monoisotopic (exact) mass is 395 g/mol. The number of hydrogen-bond acceptors (Lipinski definition) is 5. The number of nitro benzene ring substituents is 1. The largest absolute Gasteiger partial charge is 0.496 e. The number of aromatic nitrogens is 1. The Bertz CT molecular complexity index is 1180. The van der Waals surface area contributed by atoms with Gasteiger partial charge in [0.15, 0.2) is 4.80 Å². The number of fused-ring (bicyclic) bond motifs is 1. The van der Waals surface area contributed by atoms with Crippen LogP contribution in [0.25, 0.3) is 10.2 Å². The molecule has 0 spiro atoms. The first kappa shape index (κ1) is 19.3. The summed E-state index contributed by atoms with van der Waals surface area (Å²) >= 11 is 1.27. The van der Waals surface area contributed by atoms with E-state index in [0.29, 0.717) is 10.3 Å². The topological polar surface area (TPSA) is 86.7 Å². The Hall–Kier alpha value is -3.44. The molecule has 0 aliphatic heterocycles. The third-order valence-corrected chi connectivity index (χ3v) is 5.22. The van der Waals surface area contributed by atoms with Gasteiger partial charge in [0.1, 0.15) is 5.75 Å². The molecule has 1 amide bonds. The van der Waals surface area contributed by atoms with Gasteiger partial charge < -0.3 is 9.30 Å². The third-order valence-electron chi connectivity index (χ3n) is 4.16. The zero-order valence-corrected chi connectivity index (χ0v) is 16.2. The molecule has 0 bridgehead atoms. The molecule has 8 heteroatoms. The molecule has 3 aromatic rings. The van der Waals surface area contributed by atoms with Gasteiger partial charge in [-0.3, -0.25) is 14.9 Å². The third kappa shape index (κ3) is 3.94. The number of thiazole rings is 1. The quantitative estimate of drug-likeness (QED) is 0.377. The molecule has 0 radical (unpaired) electrons. The molecule has 0 saturated heterocycles. The van der Waals surface area contributed by atoms with E-state index in [2.05, 4.69) is 10.9 Å². The van der Waals surface area contributed by atoms with E-state index in [1.165, 1.54) is 23.5 Å². The van der Waals surface area contributed by atoms with Crippen LogP contribution in [0.2, 0.25) is 0 Å². The van der Waals surface area contributed by atoms with Crippen LogP contribution in [0.1, 0.15) is 11.1 Å². The minimum absolute atomic E-state index is 0.0392. The van der Waals surface area contributed by atoms with Crippen LogP contribution in [0.3, 0.4) is 0 Å². The molecule has 28 heavy (non-hydrogen) atoms. The minimum atomic E-state index is -0.467. The molecule has 1 heterocycles. The number of methoxy groups -OCH3 is 1. The van der Waals surface area contributed by atoms with Crippen LogP contribution in [0.4, 0.5) is 5.69 Å². The SMILES string of the molecule is C#CCn1c(=NC(=O)Cc2ccc(OC)c(C)c2)sc2ccc([N+](=O)[O-])cc21. The predicted octanol–water partition coefficient (Wildman–Crippen LogP) is 3.23. The Kier molecular flexibility index (Phi) is 5.57. The first-order chi connectivity index (χ1) is 13.4. The van der Waals surface area contributed by atoms with E-state index in [4.69, 9.17) is 11.2 Å². The molecular formula is C20H17N3O4S. The summed E-state index contributed by atoms with van der Waals surface area (Å²) < 4.78 is 7.64. The second-order valence-corrected chi connectivity index (χ2v) is 7.08. The molecular weight excluding hydrogens is 378 g/mol. The normalized spacial score (nSPS) is 11.4. The van der Waals surface area contributed by atoms with Gasteiger partial charge in [0.25, 0.3) is 11.6 Å².